The monoisotopic (exact) mass is 269 g/mol. The van der Waals surface area contributed by atoms with Crippen molar-refractivity contribution >= 4 is 17.0 Å². The average Bonchev–Trinajstić information content (AvgIpc) is 3.07. The zero-order chi connectivity index (χ0) is 14.1. The zero-order valence-electron chi connectivity index (χ0n) is 11.7. The molecule has 0 radical (unpaired) electrons. The number of hydrogen-bond acceptors (Lipinski definition) is 4. The van der Waals surface area contributed by atoms with Gasteiger partial charge < -0.3 is 10.3 Å². The molecule has 2 heterocycles. The number of anilines is 1. The van der Waals surface area contributed by atoms with E-state index in [4.69, 9.17) is 11.0 Å². The number of imidazole rings is 1. The Hall–Kier alpha value is -2.06. The van der Waals surface area contributed by atoms with Crippen LogP contribution in [0.25, 0.3) is 11.0 Å². The van der Waals surface area contributed by atoms with Crippen molar-refractivity contribution in [3.8, 4) is 6.07 Å². The van der Waals surface area contributed by atoms with Crippen molar-refractivity contribution in [2.75, 3.05) is 18.8 Å². The fourth-order valence-electron chi connectivity index (χ4n) is 2.96. The van der Waals surface area contributed by atoms with Gasteiger partial charge in [0.1, 0.15) is 0 Å². The second-order valence-corrected chi connectivity index (χ2v) is 5.49. The Labute approximate surface area is 118 Å². The van der Waals surface area contributed by atoms with E-state index in [2.05, 4.69) is 22.9 Å². The second-order valence-electron chi connectivity index (χ2n) is 5.49. The van der Waals surface area contributed by atoms with Crippen LogP contribution in [0.15, 0.2) is 18.2 Å². The van der Waals surface area contributed by atoms with Crippen LogP contribution in [-0.2, 0) is 6.54 Å². The van der Waals surface area contributed by atoms with E-state index < -0.39 is 0 Å². The van der Waals surface area contributed by atoms with Crippen molar-refractivity contribution in [2.24, 2.45) is 0 Å². The first-order chi connectivity index (χ1) is 9.69. The number of nitrogens with zero attached hydrogens (tertiary/aromatic N) is 4. The number of aromatic nitrogens is 2. The second kappa shape index (κ2) is 5.14. The van der Waals surface area contributed by atoms with E-state index >= 15 is 0 Å². The highest BCUT2D eigenvalue weighted by Gasteiger charge is 2.20. The van der Waals surface area contributed by atoms with Crippen molar-refractivity contribution in [2.45, 2.75) is 32.4 Å². The molecule has 5 heteroatoms. The van der Waals surface area contributed by atoms with E-state index in [-0.39, 0.29) is 0 Å². The number of nitrogen functional groups attached to an aromatic ring is 1. The van der Waals surface area contributed by atoms with Crippen LogP contribution in [0.1, 0.15) is 25.3 Å². The SMILES string of the molecule is CC(Cn1c(N)nc2ccc(C#N)cc21)N1CCCC1. The summed E-state index contributed by atoms with van der Waals surface area (Å²) in [6.45, 7) is 5.37. The van der Waals surface area contributed by atoms with Crippen LogP contribution >= 0.6 is 0 Å². The van der Waals surface area contributed by atoms with Crippen LogP contribution in [0.5, 0.6) is 0 Å². The highest BCUT2D eigenvalue weighted by molar-refractivity contribution is 5.79. The standard InChI is InChI=1S/C15H19N5/c1-11(19-6-2-3-7-19)10-20-14-8-12(9-16)4-5-13(14)18-15(20)17/h4-5,8,11H,2-3,6-7,10H2,1H3,(H2,17,18). The van der Waals surface area contributed by atoms with Crippen LogP contribution in [0.3, 0.4) is 0 Å². The van der Waals surface area contributed by atoms with E-state index in [1.807, 2.05) is 16.7 Å². The number of nitriles is 1. The zero-order valence-corrected chi connectivity index (χ0v) is 11.7. The van der Waals surface area contributed by atoms with Gasteiger partial charge in [-0.15, -0.1) is 0 Å². The maximum Gasteiger partial charge on any atom is 0.201 e. The van der Waals surface area contributed by atoms with Gasteiger partial charge >= 0.3 is 0 Å². The predicted molar refractivity (Wildman–Crippen MR) is 79.1 cm³/mol. The van der Waals surface area contributed by atoms with Crippen LogP contribution in [0, 0.1) is 11.3 Å². The fraction of sp³-hybridized carbons (Fsp3) is 0.467. The molecule has 3 rings (SSSR count). The molecule has 0 bridgehead atoms. The lowest BCUT2D eigenvalue weighted by Gasteiger charge is -2.24. The molecule has 2 aromatic rings. The number of benzene rings is 1. The minimum absolute atomic E-state index is 0.433. The molecule has 1 aliphatic rings. The van der Waals surface area contributed by atoms with Gasteiger partial charge in [-0.1, -0.05) is 0 Å². The third-order valence-electron chi connectivity index (χ3n) is 4.12. The van der Waals surface area contributed by atoms with Gasteiger partial charge in [-0.2, -0.15) is 5.26 Å². The Morgan fingerprint density at radius 1 is 1.40 bits per heavy atom. The van der Waals surface area contributed by atoms with Crippen molar-refractivity contribution in [3.63, 3.8) is 0 Å². The van der Waals surface area contributed by atoms with Gasteiger partial charge in [-0.05, 0) is 51.1 Å². The van der Waals surface area contributed by atoms with Crippen molar-refractivity contribution in [3.05, 3.63) is 23.8 Å². The van der Waals surface area contributed by atoms with Gasteiger partial charge in [0, 0.05) is 12.6 Å². The molecule has 20 heavy (non-hydrogen) atoms. The van der Waals surface area contributed by atoms with E-state index in [0.717, 1.165) is 30.7 Å². The number of fused-ring (bicyclic) bond motifs is 1. The normalized spacial score (nSPS) is 17.4. The Balaban J connectivity index is 1.93. The fourth-order valence-corrected chi connectivity index (χ4v) is 2.96. The Kier molecular flexibility index (Phi) is 3.33. The van der Waals surface area contributed by atoms with Gasteiger partial charge in [-0.25, -0.2) is 4.98 Å². The molecule has 1 unspecified atom stereocenters. The van der Waals surface area contributed by atoms with E-state index in [1.54, 1.807) is 6.07 Å². The summed E-state index contributed by atoms with van der Waals surface area (Å²) in [5.74, 6) is 0.529. The molecule has 1 aliphatic heterocycles. The molecule has 1 aromatic carbocycles. The topological polar surface area (TPSA) is 70.9 Å². The van der Waals surface area contributed by atoms with Gasteiger partial charge in [0.25, 0.3) is 0 Å². The maximum atomic E-state index is 9.03. The highest BCUT2D eigenvalue weighted by Crippen LogP contribution is 2.21. The van der Waals surface area contributed by atoms with E-state index in [0.29, 0.717) is 17.6 Å². The molecule has 0 saturated carbocycles. The molecule has 1 aromatic heterocycles. The smallest absolute Gasteiger partial charge is 0.201 e. The Bertz CT molecular complexity index is 661. The van der Waals surface area contributed by atoms with E-state index in [1.165, 1.54) is 12.8 Å². The third-order valence-corrected chi connectivity index (χ3v) is 4.12. The van der Waals surface area contributed by atoms with Crippen molar-refractivity contribution in [1.82, 2.24) is 14.5 Å². The Morgan fingerprint density at radius 2 is 2.15 bits per heavy atom. The summed E-state index contributed by atoms with van der Waals surface area (Å²) in [6, 6.07) is 8.12. The molecule has 1 atom stereocenters. The lowest BCUT2D eigenvalue weighted by molar-refractivity contribution is 0.238. The molecule has 0 amide bonds. The van der Waals surface area contributed by atoms with Gasteiger partial charge in [-0.3, -0.25) is 4.90 Å². The van der Waals surface area contributed by atoms with Crippen LogP contribution < -0.4 is 5.73 Å². The highest BCUT2D eigenvalue weighted by atomic mass is 15.2. The summed E-state index contributed by atoms with van der Waals surface area (Å²) >= 11 is 0. The van der Waals surface area contributed by atoms with Crippen LogP contribution in [0.2, 0.25) is 0 Å². The number of rotatable bonds is 3. The quantitative estimate of drug-likeness (QED) is 0.924. The molecule has 0 aliphatic carbocycles. The molecule has 104 valence electrons. The number of nitrogens with two attached hydrogens (primary N) is 1. The van der Waals surface area contributed by atoms with Crippen molar-refractivity contribution < 1.29 is 0 Å². The summed E-state index contributed by atoms with van der Waals surface area (Å²) in [5, 5.41) is 9.03. The first kappa shape index (κ1) is 12.9. The van der Waals surface area contributed by atoms with Crippen LogP contribution in [-0.4, -0.2) is 33.6 Å². The largest absolute Gasteiger partial charge is 0.369 e. The molecule has 1 fully saturated rings. The summed E-state index contributed by atoms with van der Waals surface area (Å²) in [4.78, 5) is 6.87. The lowest BCUT2D eigenvalue weighted by atomic mass is 10.2. The summed E-state index contributed by atoms with van der Waals surface area (Å²) in [7, 11) is 0. The Morgan fingerprint density at radius 3 is 2.85 bits per heavy atom. The third kappa shape index (κ3) is 2.23. The van der Waals surface area contributed by atoms with Crippen LogP contribution in [0.4, 0.5) is 5.95 Å². The minimum Gasteiger partial charge on any atom is -0.369 e. The average molecular weight is 269 g/mol. The maximum absolute atomic E-state index is 9.03. The summed E-state index contributed by atoms with van der Waals surface area (Å²) in [6.07, 6.45) is 2.56. The first-order valence-corrected chi connectivity index (χ1v) is 7.09. The lowest BCUT2D eigenvalue weighted by Crippen LogP contribution is -2.33. The van der Waals surface area contributed by atoms with Gasteiger partial charge in [0.15, 0.2) is 0 Å². The molecule has 2 N–H and O–H groups in total. The summed E-state index contributed by atoms with van der Waals surface area (Å²) < 4.78 is 2.03. The van der Waals surface area contributed by atoms with Crippen molar-refractivity contribution in [1.29, 1.82) is 5.26 Å². The number of hydrogen-bond donors (Lipinski definition) is 1. The molecular weight excluding hydrogens is 250 g/mol. The predicted octanol–water partition coefficient (Wildman–Crippen LogP) is 1.97. The molecule has 5 nitrogen and oxygen atoms in total. The molecule has 1 saturated heterocycles. The summed E-state index contributed by atoms with van der Waals surface area (Å²) in [5.41, 5.74) is 8.50. The van der Waals surface area contributed by atoms with Gasteiger partial charge in [0.2, 0.25) is 5.95 Å². The minimum atomic E-state index is 0.433. The van der Waals surface area contributed by atoms with Gasteiger partial charge in [0.05, 0.1) is 22.7 Å². The van der Waals surface area contributed by atoms with E-state index in [9.17, 15) is 0 Å². The molecule has 0 spiro atoms. The first-order valence-electron chi connectivity index (χ1n) is 7.09. The number of likely N-dealkylation sites (tertiary alicyclic amines) is 1. The molecular formula is C15H19N5.